The van der Waals surface area contributed by atoms with Gasteiger partial charge in [0.25, 0.3) is 0 Å². The lowest BCUT2D eigenvalue weighted by molar-refractivity contribution is 0.103. The van der Waals surface area contributed by atoms with E-state index in [2.05, 4.69) is 15.9 Å². The maximum Gasteiger partial charge on any atom is 0.194 e. The minimum Gasteiger partial charge on any atom is -0.486 e. The van der Waals surface area contributed by atoms with Crippen LogP contribution in [-0.4, -0.2) is 19.0 Å². The number of benzene rings is 2. The molecular weight excluding hydrogens is 341 g/mol. The Morgan fingerprint density at radius 1 is 1.14 bits per heavy atom. The van der Waals surface area contributed by atoms with Crippen LogP contribution < -0.4 is 15.2 Å². The smallest absolute Gasteiger partial charge is 0.194 e. The van der Waals surface area contributed by atoms with Gasteiger partial charge in [-0.2, -0.15) is 0 Å². The van der Waals surface area contributed by atoms with Gasteiger partial charge in [0.05, 0.1) is 5.69 Å². The lowest BCUT2D eigenvalue weighted by Crippen LogP contribution is -2.16. The SMILES string of the molecule is Nc1cc(C(=O)c2ccc3c(c2)OCCO3)c(Br)cc1F. The van der Waals surface area contributed by atoms with E-state index in [0.717, 1.165) is 0 Å². The lowest BCUT2D eigenvalue weighted by Gasteiger charge is -2.18. The Kier molecular flexibility index (Phi) is 3.55. The van der Waals surface area contributed by atoms with Gasteiger partial charge in [-0.25, -0.2) is 4.39 Å². The monoisotopic (exact) mass is 351 g/mol. The van der Waals surface area contributed by atoms with Gasteiger partial charge in [0.1, 0.15) is 19.0 Å². The second-order valence-corrected chi connectivity index (χ2v) is 5.40. The van der Waals surface area contributed by atoms with Crippen LogP contribution in [0, 0.1) is 5.82 Å². The summed E-state index contributed by atoms with van der Waals surface area (Å²) in [6.07, 6.45) is 0. The van der Waals surface area contributed by atoms with Crippen LogP contribution >= 0.6 is 15.9 Å². The molecule has 0 amide bonds. The first-order chi connectivity index (χ1) is 10.1. The van der Waals surface area contributed by atoms with Crippen molar-refractivity contribution in [3.63, 3.8) is 0 Å². The third kappa shape index (κ3) is 2.58. The average Bonchev–Trinajstić information content (AvgIpc) is 2.50. The Morgan fingerprint density at radius 3 is 2.62 bits per heavy atom. The molecule has 1 aliphatic rings. The van der Waals surface area contributed by atoms with Crippen molar-refractivity contribution in [2.24, 2.45) is 0 Å². The molecule has 0 radical (unpaired) electrons. The second kappa shape index (κ2) is 5.37. The fourth-order valence-corrected chi connectivity index (χ4v) is 2.58. The van der Waals surface area contributed by atoms with Crippen molar-refractivity contribution < 1.29 is 18.7 Å². The van der Waals surface area contributed by atoms with Gasteiger partial charge in [-0.3, -0.25) is 4.79 Å². The van der Waals surface area contributed by atoms with Gasteiger partial charge in [-0.15, -0.1) is 0 Å². The average molecular weight is 352 g/mol. The fourth-order valence-electron chi connectivity index (χ4n) is 2.08. The Hall–Kier alpha value is -2.08. The number of hydrogen-bond acceptors (Lipinski definition) is 4. The first-order valence-corrected chi connectivity index (χ1v) is 7.04. The number of nitrogens with two attached hydrogens (primary N) is 1. The van der Waals surface area contributed by atoms with E-state index in [1.54, 1.807) is 18.2 Å². The molecule has 0 spiro atoms. The molecule has 3 rings (SSSR count). The molecule has 1 heterocycles. The molecule has 0 saturated carbocycles. The Labute approximate surface area is 128 Å². The number of nitrogen functional groups attached to an aromatic ring is 1. The van der Waals surface area contributed by atoms with Crippen molar-refractivity contribution in [3.8, 4) is 11.5 Å². The largest absolute Gasteiger partial charge is 0.486 e. The van der Waals surface area contributed by atoms with Crippen molar-refractivity contribution in [3.05, 3.63) is 51.7 Å². The topological polar surface area (TPSA) is 61.6 Å². The number of anilines is 1. The Balaban J connectivity index is 2.01. The molecule has 0 atom stereocenters. The molecule has 0 bridgehead atoms. The summed E-state index contributed by atoms with van der Waals surface area (Å²) in [5.41, 5.74) is 6.17. The van der Waals surface area contributed by atoms with Gasteiger partial charge in [0, 0.05) is 15.6 Å². The van der Waals surface area contributed by atoms with Gasteiger partial charge in [-0.1, -0.05) is 0 Å². The second-order valence-electron chi connectivity index (χ2n) is 4.54. The number of halogens is 2. The third-order valence-electron chi connectivity index (χ3n) is 3.14. The van der Waals surface area contributed by atoms with E-state index in [4.69, 9.17) is 15.2 Å². The summed E-state index contributed by atoms with van der Waals surface area (Å²) in [7, 11) is 0. The molecule has 0 aromatic heterocycles. The number of fused-ring (bicyclic) bond motifs is 1. The minimum atomic E-state index is -0.569. The van der Waals surface area contributed by atoms with Gasteiger partial charge >= 0.3 is 0 Å². The van der Waals surface area contributed by atoms with Gasteiger partial charge in [-0.05, 0) is 46.3 Å². The van der Waals surface area contributed by atoms with E-state index in [9.17, 15) is 9.18 Å². The van der Waals surface area contributed by atoms with E-state index < -0.39 is 5.82 Å². The number of carbonyl (C=O) groups is 1. The maximum absolute atomic E-state index is 13.3. The minimum absolute atomic E-state index is 0.0703. The summed E-state index contributed by atoms with van der Waals surface area (Å²) >= 11 is 3.18. The van der Waals surface area contributed by atoms with Crippen molar-refractivity contribution in [2.45, 2.75) is 0 Å². The Morgan fingerprint density at radius 2 is 1.86 bits per heavy atom. The van der Waals surface area contributed by atoms with Crippen LogP contribution in [0.5, 0.6) is 11.5 Å². The van der Waals surface area contributed by atoms with E-state index in [1.165, 1.54) is 12.1 Å². The first-order valence-electron chi connectivity index (χ1n) is 6.25. The first kappa shape index (κ1) is 13.9. The normalized spacial score (nSPS) is 13.0. The summed E-state index contributed by atoms with van der Waals surface area (Å²) in [5, 5.41) is 0. The standard InChI is InChI=1S/C15H11BrFNO3/c16-10-7-11(17)12(18)6-9(10)15(19)8-1-2-13-14(5-8)21-4-3-20-13/h1-2,5-7H,3-4,18H2. The molecule has 6 heteroatoms. The highest BCUT2D eigenvalue weighted by atomic mass is 79.9. The van der Waals surface area contributed by atoms with Crippen LogP contribution in [0.4, 0.5) is 10.1 Å². The summed E-state index contributed by atoms with van der Waals surface area (Å²) in [4.78, 5) is 12.5. The van der Waals surface area contributed by atoms with Gasteiger partial charge < -0.3 is 15.2 Å². The number of ether oxygens (including phenoxy) is 2. The molecule has 1 aliphatic heterocycles. The van der Waals surface area contributed by atoms with E-state index >= 15 is 0 Å². The number of ketones is 1. The summed E-state index contributed by atoms with van der Waals surface area (Å²) in [5.74, 6) is 0.292. The van der Waals surface area contributed by atoms with Crippen LogP contribution in [0.2, 0.25) is 0 Å². The zero-order valence-corrected chi connectivity index (χ0v) is 12.4. The predicted molar refractivity (Wildman–Crippen MR) is 79.4 cm³/mol. The molecule has 2 aromatic rings. The Bertz CT molecular complexity index is 733. The molecule has 2 aromatic carbocycles. The zero-order chi connectivity index (χ0) is 15.0. The fraction of sp³-hybridized carbons (Fsp3) is 0.133. The lowest BCUT2D eigenvalue weighted by atomic mass is 10.0. The zero-order valence-electron chi connectivity index (χ0n) is 10.9. The molecule has 4 nitrogen and oxygen atoms in total. The van der Waals surface area contributed by atoms with Crippen molar-refractivity contribution in [1.29, 1.82) is 0 Å². The summed E-state index contributed by atoms with van der Waals surface area (Å²) in [6.45, 7) is 0.929. The summed E-state index contributed by atoms with van der Waals surface area (Å²) < 4.78 is 24.6. The highest BCUT2D eigenvalue weighted by Crippen LogP contribution is 2.32. The molecule has 0 fully saturated rings. The van der Waals surface area contributed by atoms with Gasteiger partial charge in [0.15, 0.2) is 17.3 Å². The molecule has 21 heavy (non-hydrogen) atoms. The van der Waals surface area contributed by atoms with Crippen molar-refractivity contribution >= 4 is 27.4 Å². The van der Waals surface area contributed by atoms with Crippen LogP contribution in [0.3, 0.4) is 0 Å². The van der Waals surface area contributed by atoms with Crippen LogP contribution in [0.15, 0.2) is 34.8 Å². The predicted octanol–water partition coefficient (Wildman–Crippen LogP) is 3.17. The van der Waals surface area contributed by atoms with E-state index in [0.29, 0.717) is 40.3 Å². The van der Waals surface area contributed by atoms with Crippen LogP contribution in [0.25, 0.3) is 0 Å². The van der Waals surface area contributed by atoms with Crippen LogP contribution in [0.1, 0.15) is 15.9 Å². The molecule has 108 valence electrons. The van der Waals surface area contributed by atoms with Gasteiger partial charge in [0.2, 0.25) is 0 Å². The van der Waals surface area contributed by atoms with Crippen LogP contribution in [-0.2, 0) is 0 Å². The molecule has 2 N–H and O–H groups in total. The molecule has 0 aliphatic carbocycles. The maximum atomic E-state index is 13.3. The number of rotatable bonds is 2. The number of hydrogen-bond donors (Lipinski definition) is 1. The van der Waals surface area contributed by atoms with E-state index in [1.807, 2.05) is 0 Å². The highest BCUT2D eigenvalue weighted by Gasteiger charge is 2.19. The highest BCUT2D eigenvalue weighted by molar-refractivity contribution is 9.10. The van der Waals surface area contributed by atoms with Crippen molar-refractivity contribution in [1.82, 2.24) is 0 Å². The molecule has 0 saturated heterocycles. The third-order valence-corrected chi connectivity index (χ3v) is 3.79. The quantitative estimate of drug-likeness (QED) is 0.666. The summed E-state index contributed by atoms with van der Waals surface area (Å²) in [6, 6.07) is 7.44. The van der Waals surface area contributed by atoms with Crippen molar-refractivity contribution in [2.75, 3.05) is 18.9 Å². The van der Waals surface area contributed by atoms with E-state index in [-0.39, 0.29) is 11.5 Å². The molecular formula is C15H11BrFNO3. The number of carbonyl (C=O) groups excluding carboxylic acids is 1. The molecule has 0 unspecified atom stereocenters.